The number of rotatable bonds is 4. The maximum absolute atomic E-state index is 11.7. The van der Waals surface area contributed by atoms with Crippen LogP contribution in [0.2, 0.25) is 0 Å². The summed E-state index contributed by atoms with van der Waals surface area (Å²) >= 11 is 0. The van der Waals surface area contributed by atoms with Gasteiger partial charge in [0.2, 0.25) is 0 Å². The number of carbonyl (C=O) groups is 1. The monoisotopic (exact) mass is 220 g/mol. The SMILES string of the molecule is NCCCC(=O)c1ccc2[nH]c(=O)oc2c1. The van der Waals surface area contributed by atoms with Gasteiger partial charge in [0.25, 0.3) is 0 Å². The van der Waals surface area contributed by atoms with Gasteiger partial charge in [-0.05, 0) is 31.2 Å². The summed E-state index contributed by atoms with van der Waals surface area (Å²) in [6, 6.07) is 4.91. The molecule has 0 aliphatic heterocycles. The number of Topliss-reactive ketones (excluding diaryl/α,β-unsaturated/α-hetero) is 1. The second kappa shape index (κ2) is 4.32. The van der Waals surface area contributed by atoms with Gasteiger partial charge in [-0.1, -0.05) is 0 Å². The number of hydrogen-bond acceptors (Lipinski definition) is 4. The second-order valence-corrected chi connectivity index (χ2v) is 3.54. The van der Waals surface area contributed by atoms with Crippen LogP contribution >= 0.6 is 0 Å². The van der Waals surface area contributed by atoms with E-state index in [4.69, 9.17) is 10.2 Å². The highest BCUT2D eigenvalue weighted by molar-refractivity contribution is 5.98. The fourth-order valence-corrected chi connectivity index (χ4v) is 1.53. The first-order valence-electron chi connectivity index (χ1n) is 5.07. The van der Waals surface area contributed by atoms with Gasteiger partial charge in [-0.2, -0.15) is 0 Å². The molecule has 84 valence electrons. The third kappa shape index (κ3) is 2.04. The van der Waals surface area contributed by atoms with Crippen molar-refractivity contribution in [2.24, 2.45) is 5.73 Å². The number of oxazole rings is 1. The van der Waals surface area contributed by atoms with Crippen LogP contribution in [-0.4, -0.2) is 17.3 Å². The molecule has 1 heterocycles. The Morgan fingerprint density at radius 1 is 1.44 bits per heavy atom. The van der Waals surface area contributed by atoms with Gasteiger partial charge in [0.15, 0.2) is 11.4 Å². The van der Waals surface area contributed by atoms with Crippen LogP contribution in [0.4, 0.5) is 0 Å². The van der Waals surface area contributed by atoms with Crippen molar-refractivity contribution < 1.29 is 9.21 Å². The summed E-state index contributed by atoms with van der Waals surface area (Å²) in [4.78, 5) is 25.1. The molecule has 0 aliphatic rings. The molecule has 0 unspecified atom stereocenters. The molecule has 0 amide bonds. The maximum atomic E-state index is 11.7. The Hall–Kier alpha value is -1.88. The van der Waals surface area contributed by atoms with Crippen LogP contribution in [0.25, 0.3) is 11.1 Å². The van der Waals surface area contributed by atoms with E-state index in [9.17, 15) is 9.59 Å². The van der Waals surface area contributed by atoms with Crippen molar-refractivity contribution in [3.63, 3.8) is 0 Å². The Balaban J connectivity index is 2.31. The fourth-order valence-electron chi connectivity index (χ4n) is 1.53. The Bertz CT molecular complexity index is 568. The van der Waals surface area contributed by atoms with E-state index in [2.05, 4.69) is 4.98 Å². The van der Waals surface area contributed by atoms with Gasteiger partial charge in [-0.3, -0.25) is 9.78 Å². The first-order chi connectivity index (χ1) is 7.70. The van der Waals surface area contributed by atoms with Gasteiger partial charge in [-0.25, -0.2) is 4.79 Å². The van der Waals surface area contributed by atoms with Gasteiger partial charge in [0.05, 0.1) is 5.52 Å². The lowest BCUT2D eigenvalue weighted by atomic mass is 10.1. The molecule has 5 nitrogen and oxygen atoms in total. The zero-order valence-electron chi connectivity index (χ0n) is 8.66. The van der Waals surface area contributed by atoms with Crippen molar-refractivity contribution in [1.29, 1.82) is 0 Å². The number of nitrogens with two attached hydrogens (primary N) is 1. The number of aromatic amines is 1. The summed E-state index contributed by atoms with van der Waals surface area (Å²) in [6.07, 6.45) is 1.07. The number of H-pyrrole nitrogens is 1. The van der Waals surface area contributed by atoms with Gasteiger partial charge in [0, 0.05) is 12.0 Å². The van der Waals surface area contributed by atoms with E-state index < -0.39 is 5.76 Å². The minimum atomic E-state index is -0.512. The van der Waals surface area contributed by atoms with E-state index in [1.165, 1.54) is 0 Å². The molecule has 2 rings (SSSR count). The van der Waals surface area contributed by atoms with Gasteiger partial charge in [0.1, 0.15) is 0 Å². The first-order valence-corrected chi connectivity index (χ1v) is 5.07. The molecule has 0 aliphatic carbocycles. The predicted octanol–water partition coefficient (Wildman–Crippen LogP) is 1.04. The Kier molecular flexibility index (Phi) is 2.87. The zero-order chi connectivity index (χ0) is 11.5. The third-order valence-electron chi connectivity index (χ3n) is 2.35. The molecule has 0 spiro atoms. The smallest absolute Gasteiger partial charge is 0.408 e. The number of fused-ring (bicyclic) bond motifs is 1. The fraction of sp³-hybridized carbons (Fsp3) is 0.273. The standard InChI is InChI=1S/C11H12N2O3/c12-5-1-2-9(14)7-3-4-8-10(6-7)16-11(15)13-8/h3-4,6H,1-2,5,12H2,(H,13,15). The minimum Gasteiger partial charge on any atom is -0.408 e. The highest BCUT2D eigenvalue weighted by atomic mass is 16.4. The number of hydrogen-bond donors (Lipinski definition) is 2. The number of carbonyl (C=O) groups excluding carboxylic acids is 1. The highest BCUT2D eigenvalue weighted by Crippen LogP contribution is 2.14. The summed E-state index contributed by atoms with van der Waals surface area (Å²) in [5, 5.41) is 0. The van der Waals surface area contributed by atoms with Crippen molar-refractivity contribution in [1.82, 2.24) is 4.98 Å². The van der Waals surface area contributed by atoms with E-state index in [0.29, 0.717) is 36.0 Å². The Morgan fingerprint density at radius 2 is 2.25 bits per heavy atom. The Labute approximate surface area is 91.2 Å². The van der Waals surface area contributed by atoms with E-state index >= 15 is 0 Å². The maximum Gasteiger partial charge on any atom is 0.417 e. The summed E-state index contributed by atoms with van der Waals surface area (Å²) < 4.78 is 4.88. The van der Waals surface area contributed by atoms with Gasteiger partial charge < -0.3 is 10.2 Å². The largest absolute Gasteiger partial charge is 0.417 e. The van der Waals surface area contributed by atoms with E-state index in [1.54, 1.807) is 18.2 Å². The first kappa shape index (κ1) is 10.6. The molecule has 0 saturated heterocycles. The molecule has 2 aromatic rings. The number of aromatic nitrogens is 1. The molecule has 3 N–H and O–H groups in total. The number of benzene rings is 1. The lowest BCUT2D eigenvalue weighted by Gasteiger charge is -1.99. The average Bonchev–Trinajstić information content (AvgIpc) is 2.64. The summed E-state index contributed by atoms with van der Waals surface area (Å²) in [6.45, 7) is 0.493. The zero-order valence-corrected chi connectivity index (χ0v) is 8.66. The van der Waals surface area contributed by atoms with Gasteiger partial charge in [-0.15, -0.1) is 0 Å². The highest BCUT2D eigenvalue weighted by Gasteiger charge is 2.08. The second-order valence-electron chi connectivity index (χ2n) is 3.54. The number of ketones is 1. The van der Waals surface area contributed by atoms with E-state index in [-0.39, 0.29) is 5.78 Å². The lowest BCUT2D eigenvalue weighted by Crippen LogP contribution is -2.04. The lowest BCUT2D eigenvalue weighted by molar-refractivity contribution is 0.0981. The van der Waals surface area contributed by atoms with Crippen molar-refractivity contribution >= 4 is 16.9 Å². The van der Waals surface area contributed by atoms with Crippen LogP contribution < -0.4 is 11.5 Å². The predicted molar refractivity (Wildman–Crippen MR) is 59.5 cm³/mol. The molecule has 1 aromatic heterocycles. The molecule has 0 fully saturated rings. The molecule has 0 atom stereocenters. The van der Waals surface area contributed by atoms with Crippen molar-refractivity contribution in [3.8, 4) is 0 Å². The molecule has 5 heteroatoms. The van der Waals surface area contributed by atoms with Crippen LogP contribution in [0.15, 0.2) is 27.4 Å². The molecule has 0 bridgehead atoms. The molecular weight excluding hydrogens is 208 g/mol. The van der Waals surface area contributed by atoms with Crippen LogP contribution in [-0.2, 0) is 0 Å². The van der Waals surface area contributed by atoms with Gasteiger partial charge >= 0.3 is 5.76 Å². The van der Waals surface area contributed by atoms with Crippen molar-refractivity contribution in [3.05, 3.63) is 34.3 Å². The quantitative estimate of drug-likeness (QED) is 0.753. The topological polar surface area (TPSA) is 89.1 Å². The molecule has 1 aromatic carbocycles. The number of nitrogens with one attached hydrogen (secondary N) is 1. The van der Waals surface area contributed by atoms with Crippen LogP contribution in [0, 0.1) is 0 Å². The molecule has 0 radical (unpaired) electrons. The minimum absolute atomic E-state index is 0.0104. The van der Waals surface area contributed by atoms with Crippen LogP contribution in [0.5, 0.6) is 0 Å². The van der Waals surface area contributed by atoms with Crippen molar-refractivity contribution in [2.75, 3.05) is 6.54 Å². The average molecular weight is 220 g/mol. The van der Waals surface area contributed by atoms with Crippen LogP contribution in [0.1, 0.15) is 23.2 Å². The van der Waals surface area contributed by atoms with Crippen molar-refractivity contribution in [2.45, 2.75) is 12.8 Å². The summed E-state index contributed by atoms with van der Waals surface area (Å²) in [7, 11) is 0. The third-order valence-corrected chi connectivity index (χ3v) is 2.35. The molecule has 16 heavy (non-hydrogen) atoms. The van der Waals surface area contributed by atoms with E-state index in [0.717, 1.165) is 0 Å². The normalized spacial score (nSPS) is 10.8. The van der Waals surface area contributed by atoms with Crippen LogP contribution in [0.3, 0.4) is 0 Å². The Morgan fingerprint density at radius 3 is 3.00 bits per heavy atom. The molecular formula is C11H12N2O3. The molecule has 0 saturated carbocycles. The summed E-state index contributed by atoms with van der Waals surface area (Å²) in [5.74, 6) is -0.502. The summed E-state index contributed by atoms with van der Waals surface area (Å²) in [5.41, 5.74) is 6.88. The van der Waals surface area contributed by atoms with E-state index in [1.807, 2.05) is 0 Å².